The van der Waals surface area contributed by atoms with Gasteiger partial charge in [0.1, 0.15) is 0 Å². The van der Waals surface area contributed by atoms with E-state index in [1.807, 2.05) is 0 Å². The van der Waals surface area contributed by atoms with Crippen molar-refractivity contribution in [2.45, 2.75) is 25.8 Å². The smallest absolute Gasteiger partial charge is 0.407 e. The third kappa shape index (κ3) is 2.00. The number of carbonyl (C=O) groups excluding carboxylic acids is 1. The minimum atomic E-state index is -0.238. The topological polar surface area (TPSA) is 50.4 Å². The average Bonchev–Trinajstić information content (AvgIpc) is 2.64. The van der Waals surface area contributed by atoms with E-state index in [4.69, 9.17) is 4.74 Å². The van der Waals surface area contributed by atoms with E-state index in [0.717, 1.165) is 25.9 Å². The molecule has 4 heteroatoms. The molecule has 80 valence electrons. The Balaban J connectivity index is 1.59. The first-order valence-corrected chi connectivity index (χ1v) is 5.47. The molecule has 2 atom stereocenters. The molecular weight excluding hydrogens is 180 g/mol. The van der Waals surface area contributed by atoms with Gasteiger partial charge in [0.05, 0.1) is 6.61 Å². The minimum absolute atomic E-state index is 0.238. The summed E-state index contributed by atoms with van der Waals surface area (Å²) in [5.41, 5.74) is 0. The molecule has 2 aliphatic rings. The maximum atomic E-state index is 11.2. The Bertz CT molecular complexity index is 210. The molecule has 1 amide bonds. The molecule has 1 heterocycles. The van der Waals surface area contributed by atoms with Crippen molar-refractivity contribution < 1.29 is 9.53 Å². The lowest BCUT2D eigenvalue weighted by Gasteiger charge is -2.08. The van der Waals surface area contributed by atoms with Gasteiger partial charge < -0.3 is 15.4 Å². The van der Waals surface area contributed by atoms with E-state index in [1.54, 1.807) is 0 Å². The van der Waals surface area contributed by atoms with Crippen LogP contribution in [-0.4, -0.2) is 31.8 Å². The summed E-state index contributed by atoms with van der Waals surface area (Å²) in [5, 5.41) is 6.20. The monoisotopic (exact) mass is 198 g/mol. The molecule has 0 aromatic heterocycles. The van der Waals surface area contributed by atoms with Crippen LogP contribution in [0.4, 0.5) is 4.79 Å². The minimum Gasteiger partial charge on any atom is -0.450 e. The predicted molar refractivity (Wildman–Crippen MR) is 53.0 cm³/mol. The summed E-state index contributed by atoms with van der Waals surface area (Å²) in [4.78, 5) is 11.2. The van der Waals surface area contributed by atoms with Crippen molar-refractivity contribution >= 4 is 6.09 Å². The summed E-state index contributed by atoms with van der Waals surface area (Å²) < 4.78 is 5.03. The molecule has 4 nitrogen and oxygen atoms in total. The van der Waals surface area contributed by atoms with E-state index in [1.165, 1.54) is 0 Å². The average molecular weight is 198 g/mol. The van der Waals surface area contributed by atoms with Crippen molar-refractivity contribution in [3.63, 3.8) is 0 Å². The van der Waals surface area contributed by atoms with Crippen LogP contribution in [0.25, 0.3) is 0 Å². The molecule has 0 aromatic rings. The maximum absolute atomic E-state index is 11.2. The Labute approximate surface area is 84.4 Å². The Morgan fingerprint density at radius 3 is 2.86 bits per heavy atom. The molecule has 2 rings (SSSR count). The highest BCUT2D eigenvalue weighted by Crippen LogP contribution is 2.41. The summed E-state index contributed by atoms with van der Waals surface area (Å²) >= 11 is 0. The van der Waals surface area contributed by atoms with Crippen molar-refractivity contribution in [3.8, 4) is 0 Å². The summed E-state index contributed by atoms with van der Waals surface area (Å²) in [7, 11) is 0. The quantitative estimate of drug-likeness (QED) is 0.655. The largest absolute Gasteiger partial charge is 0.450 e. The number of rotatable bonds is 4. The fourth-order valence-electron chi connectivity index (χ4n) is 2.12. The van der Waals surface area contributed by atoms with Gasteiger partial charge in [0.15, 0.2) is 0 Å². The molecule has 1 saturated heterocycles. The van der Waals surface area contributed by atoms with E-state index in [-0.39, 0.29) is 6.09 Å². The first-order chi connectivity index (χ1) is 6.83. The standard InChI is InChI=1S/C10H18N2O2/c1-2-3-4-14-10(13)12-9-7-5-11-6-8(7)9/h7-9,11H,2-6H2,1H3,(H,12,13). The number of unbranched alkanes of at least 4 members (excludes halogenated alkanes) is 1. The number of fused-ring (bicyclic) bond motifs is 1. The number of piperidine rings is 1. The number of alkyl carbamates (subject to hydrolysis) is 1. The lowest BCUT2D eigenvalue weighted by molar-refractivity contribution is 0.143. The summed E-state index contributed by atoms with van der Waals surface area (Å²) in [6, 6.07) is 0.380. The number of carbonyl (C=O) groups is 1. The van der Waals surface area contributed by atoms with Crippen LogP contribution >= 0.6 is 0 Å². The van der Waals surface area contributed by atoms with Crippen LogP contribution in [0, 0.1) is 11.8 Å². The van der Waals surface area contributed by atoms with Crippen LogP contribution in [0.15, 0.2) is 0 Å². The molecule has 0 radical (unpaired) electrons. The zero-order valence-corrected chi connectivity index (χ0v) is 8.58. The van der Waals surface area contributed by atoms with Crippen LogP contribution in [0.1, 0.15) is 19.8 Å². The van der Waals surface area contributed by atoms with Crippen molar-refractivity contribution in [1.82, 2.24) is 10.6 Å². The van der Waals surface area contributed by atoms with Crippen molar-refractivity contribution in [1.29, 1.82) is 0 Å². The zero-order valence-electron chi connectivity index (χ0n) is 8.58. The van der Waals surface area contributed by atoms with Gasteiger partial charge in [-0.25, -0.2) is 4.79 Å². The van der Waals surface area contributed by atoms with Crippen LogP contribution in [0.2, 0.25) is 0 Å². The third-order valence-corrected chi connectivity index (χ3v) is 3.11. The van der Waals surface area contributed by atoms with Crippen molar-refractivity contribution in [2.24, 2.45) is 11.8 Å². The summed E-state index contributed by atoms with van der Waals surface area (Å²) in [5.74, 6) is 1.32. The van der Waals surface area contributed by atoms with E-state index in [9.17, 15) is 4.79 Å². The van der Waals surface area contributed by atoms with Gasteiger partial charge in [-0.1, -0.05) is 13.3 Å². The van der Waals surface area contributed by atoms with Crippen LogP contribution < -0.4 is 10.6 Å². The van der Waals surface area contributed by atoms with Gasteiger partial charge in [-0.3, -0.25) is 0 Å². The van der Waals surface area contributed by atoms with Gasteiger partial charge in [0, 0.05) is 19.1 Å². The number of nitrogens with one attached hydrogen (secondary N) is 2. The Morgan fingerprint density at radius 1 is 1.50 bits per heavy atom. The highest BCUT2D eigenvalue weighted by molar-refractivity contribution is 5.68. The lowest BCUT2D eigenvalue weighted by Crippen LogP contribution is -2.33. The summed E-state index contributed by atoms with van der Waals surface area (Å²) in [6.07, 6.45) is 1.77. The lowest BCUT2D eigenvalue weighted by atomic mass is 10.4. The maximum Gasteiger partial charge on any atom is 0.407 e. The van der Waals surface area contributed by atoms with E-state index < -0.39 is 0 Å². The van der Waals surface area contributed by atoms with E-state index in [0.29, 0.717) is 24.5 Å². The number of hydrogen-bond donors (Lipinski definition) is 2. The molecule has 2 unspecified atom stereocenters. The molecule has 0 bridgehead atoms. The highest BCUT2D eigenvalue weighted by Gasteiger charge is 2.53. The molecular formula is C10H18N2O2. The van der Waals surface area contributed by atoms with Gasteiger partial charge in [-0.15, -0.1) is 0 Å². The van der Waals surface area contributed by atoms with Gasteiger partial charge in [-0.05, 0) is 18.3 Å². The Kier molecular flexibility index (Phi) is 2.91. The van der Waals surface area contributed by atoms with Gasteiger partial charge in [-0.2, -0.15) is 0 Å². The first kappa shape index (κ1) is 9.77. The normalized spacial score (nSPS) is 33.6. The van der Waals surface area contributed by atoms with Crippen molar-refractivity contribution in [3.05, 3.63) is 0 Å². The Morgan fingerprint density at radius 2 is 2.21 bits per heavy atom. The molecule has 0 spiro atoms. The number of hydrogen-bond acceptors (Lipinski definition) is 3. The number of amides is 1. The second kappa shape index (κ2) is 4.17. The SMILES string of the molecule is CCCCOC(=O)NC1C2CNCC21. The molecule has 1 aliphatic carbocycles. The van der Waals surface area contributed by atoms with Gasteiger partial charge in [0.25, 0.3) is 0 Å². The highest BCUT2D eigenvalue weighted by atomic mass is 16.5. The van der Waals surface area contributed by atoms with Crippen LogP contribution in [-0.2, 0) is 4.74 Å². The van der Waals surface area contributed by atoms with Crippen LogP contribution in [0.5, 0.6) is 0 Å². The van der Waals surface area contributed by atoms with Crippen LogP contribution in [0.3, 0.4) is 0 Å². The van der Waals surface area contributed by atoms with E-state index >= 15 is 0 Å². The third-order valence-electron chi connectivity index (χ3n) is 3.11. The van der Waals surface area contributed by atoms with Crippen molar-refractivity contribution in [2.75, 3.05) is 19.7 Å². The van der Waals surface area contributed by atoms with E-state index in [2.05, 4.69) is 17.6 Å². The number of ether oxygens (including phenoxy) is 1. The fraction of sp³-hybridized carbons (Fsp3) is 0.900. The molecule has 0 aromatic carbocycles. The van der Waals surface area contributed by atoms with Gasteiger partial charge >= 0.3 is 6.09 Å². The van der Waals surface area contributed by atoms with Gasteiger partial charge in [0.2, 0.25) is 0 Å². The molecule has 1 saturated carbocycles. The molecule has 2 N–H and O–H groups in total. The first-order valence-electron chi connectivity index (χ1n) is 5.47. The molecule has 2 fully saturated rings. The second-order valence-corrected chi connectivity index (χ2v) is 4.15. The predicted octanol–water partition coefficient (Wildman–Crippen LogP) is 0.731. The molecule has 1 aliphatic heterocycles. The fourth-order valence-corrected chi connectivity index (χ4v) is 2.12. The zero-order chi connectivity index (χ0) is 9.97. The molecule has 14 heavy (non-hydrogen) atoms. The Hall–Kier alpha value is -0.770. The second-order valence-electron chi connectivity index (χ2n) is 4.15. The summed E-state index contributed by atoms with van der Waals surface area (Å²) in [6.45, 7) is 4.72.